The molecule has 2 N–H and O–H groups in total. The fourth-order valence-electron chi connectivity index (χ4n) is 7.90. The fourth-order valence-corrected chi connectivity index (χ4v) is 17.2. The Hall–Kier alpha value is -4.24. The summed E-state index contributed by atoms with van der Waals surface area (Å²) >= 11 is 0. The van der Waals surface area contributed by atoms with Gasteiger partial charge in [-0.15, -0.1) is 0 Å². The van der Waals surface area contributed by atoms with Gasteiger partial charge >= 0.3 is 5.69 Å². The second-order valence-electron chi connectivity index (χ2n) is 15.7. The van der Waals surface area contributed by atoms with Crippen molar-refractivity contribution in [1.29, 1.82) is 0 Å². The second kappa shape index (κ2) is 15.2. The lowest BCUT2D eigenvalue weighted by Gasteiger charge is -2.46. The number of aromatic amines is 1. The number of aliphatic hydroxyl groups is 1. The molecule has 0 bridgehead atoms. The lowest BCUT2D eigenvalue weighted by molar-refractivity contribution is -0.0525. The molecular weight excluding hydrogens is 704 g/mol. The molecule has 53 heavy (non-hydrogen) atoms. The van der Waals surface area contributed by atoms with Gasteiger partial charge in [-0.3, -0.25) is 14.3 Å². The number of aromatic nitrogens is 2. The van der Waals surface area contributed by atoms with E-state index in [0.29, 0.717) is 0 Å². The summed E-state index contributed by atoms with van der Waals surface area (Å²) in [5.74, 6) is 0. The molecule has 1 aliphatic heterocycles. The van der Waals surface area contributed by atoms with Crippen LogP contribution in [0.5, 0.6) is 0 Å². The normalized spacial score (nSPS) is 19.7. The molecule has 11 heteroatoms. The molecule has 4 aromatic carbocycles. The van der Waals surface area contributed by atoms with E-state index < -0.39 is 64.1 Å². The number of hydrogen-bond donors (Lipinski definition) is 2. The molecule has 0 unspecified atom stereocenters. The Morgan fingerprint density at radius 2 is 1.13 bits per heavy atom. The highest BCUT2D eigenvalue weighted by molar-refractivity contribution is 7.00. The van der Waals surface area contributed by atoms with Gasteiger partial charge in [0.1, 0.15) is 25.0 Å². The van der Waals surface area contributed by atoms with E-state index >= 15 is 0 Å². The van der Waals surface area contributed by atoms with Crippen LogP contribution in [0, 0.1) is 0 Å². The van der Waals surface area contributed by atoms with Crippen LogP contribution in [-0.2, 0) is 20.3 Å². The third-order valence-corrected chi connectivity index (χ3v) is 20.4. The van der Waals surface area contributed by atoms with Gasteiger partial charge in [0, 0.05) is 6.20 Å². The van der Waals surface area contributed by atoms with Crippen LogP contribution in [0.25, 0.3) is 0 Å². The zero-order chi connectivity index (χ0) is 38.0. The predicted octanol–water partition coefficient (Wildman–Crippen LogP) is 4.79. The van der Waals surface area contributed by atoms with Crippen LogP contribution < -0.4 is 32.0 Å². The third kappa shape index (κ3) is 7.09. The summed E-state index contributed by atoms with van der Waals surface area (Å²) in [6.45, 7) is 11.9. The van der Waals surface area contributed by atoms with Gasteiger partial charge in [0.05, 0.1) is 12.2 Å². The van der Waals surface area contributed by atoms with Crippen molar-refractivity contribution in [3.63, 3.8) is 0 Å². The van der Waals surface area contributed by atoms with Crippen molar-refractivity contribution in [2.45, 2.75) is 82.8 Å². The molecule has 5 aromatic rings. The van der Waals surface area contributed by atoms with Crippen LogP contribution in [0.3, 0.4) is 0 Å². The summed E-state index contributed by atoms with van der Waals surface area (Å²) < 4.78 is 36.6. The van der Waals surface area contributed by atoms with Crippen molar-refractivity contribution >= 4 is 37.4 Å². The lowest BCUT2D eigenvalue weighted by atomic mass is 10.1. The highest BCUT2D eigenvalue weighted by Crippen LogP contribution is 2.43. The van der Waals surface area contributed by atoms with Gasteiger partial charge in [-0.1, -0.05) is 163 Å². The smallest absolute Gasteiger partial charge is 0.330 e. The first-order valence-corrected chi connectivity index (χ1v) is 21.8. The number of aliphatic hydroxyl groups excluding tert-OH is 1. The molecule has 278 valence electrons. The van der Waals surface area contributed by atoms with Gasteiger partial charge in [0.2, 0.25) is 0 Å². The van der Waals surface area contributed by atoms with E-state index in [2.05, 4.69) is 95.1 Å². The molecule has 0 radical (unpaired) electrons. The first-order chi connectivity index (χ1) is 25.2. The molecule has 2 heterocycles. The van der Waals surface area contributed by atoms with Crippen molar-refractivity contribution in [3.8, 4) is 0 Å². The second-order valence-corrected chi connectivity index (χ2v) is 24.3. The zero-order valence-electron chi connectivity index (χ0n) is 31.2. The Bertz CT molecular complexity index is 2000. The zero-order valence-corrected chi connectivity index (χ0v) is 33.2. The number of H-pyrrole nitrogens is 1. The Morgan fingerprint density at radius 1 is 0.717 bits per heavy atom. The Balaban J connectivity index is 1.53. The average molecular weight is 753 g/mol. The van der Waals surface area contributed by atoms with E-state index in [1.54, 1.807) is 0 Å². The van der Waals surface area contributed by atoms with Crippen LogP contribution >= 0.6 is 0 Å². The topological polar surface area (TPSA) is 103 Å². The number of ether oxygens (including phenoxy) is 1. The Kier molecular flexibility index (Phi) is 11.1. The summed E-state index contributed by atoms with van der Waals surface area (Å²) in [5, 5.41) is 15.7. The fraction of sp³-hybridized carbons (Fsp3) is 0.333. The molecule has 6 rings (SSSR count). The van der Waals surface area contributed by atoms with E-state index in [-0.39, 0.29) is 17.2 Å². The SMILES string of the molecule is CC(C)(C)[Si](OC[C@H]1O[C@@H](n2cc(CF)c(=O)[nH]c2=O)[C@H](O)[C@@H]1O[Si](c1ccccc1)(c1ccccc1)C(C)(C)C)(c1ccccc1)c1ccccc1. The molecule has 0 aliphatic carbocycles. The van der Waals surface area contributed by atoms with Crippen molar-refractivity contribution in [2.24, 2.45) is 0 Å². The average Bonchev–Trinajstić information content (AvgIpc) is 3.45. The van der Waals surface area contributed by atoms with Gasteiger partial charge in [-0.25, -0.2) is 9.18 Å². The minimum atomic E-state index is -3.30. The molecule has 1 fully saturated rings. The molecule has 4 atom stereocenters. The molecule has 1 aromatic heterocycles. The van der Waals surface area contributed by atoms with E-state index in [1.165, 1.54) is 0 Å². The lowest BCUT2D eigenvalue weighted by Crippen LogP contribution is -2.69. The van der Waals surface area contributed by atoms with E-state index in [0.717, 1.165) is 31.5 Å². The number of benzene rings is 4. The van der Waals surface area contributed by atoms with Gasteiger partial charge in [0.25, 0.3) is 22.2 Å². The summed E-state index contributed by atoms with van der Waals surface area (Å²) in [6, 6.07) is 40.6. The summed E-state index contributed by atoms with van der Waals surface area (Å²) in [6.07, 6.45) is -3.47. The van der Waals surface area contributed by atoms with E-state index in [9.17, 15) is 19.1 Å². The van der Waals surface area contributed by atoms with Gasteiger partial charge in [0.15, 0.2) is 6.23 Å². The van der Waals surface area contributed by atoms with Crippen LogP contribution in [0.15, 0.2) is 137 Å². The molecule has 1 aliphatic rings. The van der Waals surface area contributed by atoms with Crippen molar-refractivity contribution in [2.75, 3.05) is 6.61 Å². The van der Waals surface area contributed by atoms with Crippen LogP contribution in [0.1, 0.15) is 53.3 Å². The van der Waals surface area contributed by atoms with Crippen LogP contribution in [0.2, 0.25) is 10.1 Å². The number of nitrogens with zero attached hydrogens (tertiary/aromatic N) is 1. The van der Waals surface area contributed by atoms with Crippen LogP contribution in [0.4, 0.5) is 4.39 Å². The Labute approximate surface area is 312 Å². The van der Waals surface area contributed by atoms with Gasteiger partial charge in [-0.2, -0.15) is 0 Å². The molecule has 8 nitrogen and oxygen atoms in total. The number of rotatable bonds is 11. The number of hydrogen-bond acceptors (Lipinski definition) is 6. The number of halogens is 1. The van der Waals surface area contributed by atoms with E-state index in [1.807, 2.05) is 72.8 Å². The minimum absolute atomic E-state index is 0.0117. The molecule has 0 saturated carbocycles. The maximum Gasteiger partial charge on any atom is 0.330 e. The van der Waals surface area contributed by atoms with Crippen LogP contribution in [-0.4, -0.2) is 56.2 Å². The van der Waals surface area contributed by atoms with Crippen molar-refractivity contribution in [1.82, 2.24) is 9.55 Å². The van der Waals surface area contributed by atoms with Gasteiger partial charge < -0.3 is 18.7 Å². The standard InChI is InChI=1S/C42H49FN2O6Si2/c1-41(2,3)52(31-19-11-7-12-20-31,32-21-13-8-14-22-32)49-29-35-37(36(46)39(50-35)45-28-30(27-43)38(47)44-40(45)48)51-53(42(4,5)6,33-23-15-9-16-24-33)34-25-17-10-18-26-34/h7-26,28,35-37,39,46H,27,29H2,1-6H3,(H,44,47,48)/t35-,36-,37-,39-/m1/s1. The van der Waals surface area contributed by atoms with E-state index in [4.69, 9.17) is 13.6 Å². The number of nitrogens with one attached hydrogen (secondary N) is 1. The highest BCUT2D eigenvalue weighted by Gasteiger charge is 2.58. The molecule has 0 spiro atoms. The number of alkyl halides is 1. The first kappa shape index (κ1) is 38.5. The highest BCUT2D eigenvalue weighted by atomic mass is 28.4. The largest absolute Gasteiger partial charge is 0.405 e. The molecule has 1 saturated heterocycles. The Morgan fingerprint density at radius 3 is 1.53 bits per heavy atom. The minimum Gasteiger partial charge on any atom is -0.405 e. The predicted molar refractivity (Wildman–Crippen MR) is 212 cm³/mol. The van der Waals surface area contributed by atoms with Gasteiger partial charge in [-0.05, 0) is 30.8 Å². The monoisotopic (exact) mass is 752 g/mol. The van der Waals surface area contributed by atoms with Crippen molar-refractivity contribution < 1.29 is 23.1 Å². The quantitative estimate of drug-likeness (QED) is 0.189. The summed E-state index contributed by atoms with van der Waals surface area (Å²) in [5.41, 5.74) is -1.90. The maximum atomic E-state index is 14.0. The van der Waals surface area contributed by atoms with Crippen molar-refractivity contribution in [3.05, 3.63) is 154 Å². The molecular formula is C42H49FN2O6Si2. The summed E-state index contributed by atoms with van der Waals surface area (Å²) in [4.78, 5) is 27.9. The third-order valence-electron chi connectivity index (χ3n) is 10.4. The first-order valence-electron chi connectivity index (χ1n) is 18.0. The maximum absolute atomic E-state index is 14.0. The molecule has 0 amide bonds. The summed E-state index contributed by atoms with van der Waals surface area (Å²) in [7, 11) is -6.40.